The average molecular weight is 228 g/mol. The van der Waals surface area contributed by atoms with Crippen LogP contribution >= 0.6 is 0 Å². The van der Waals surface area contributed by atoms with Gasteiger partial charge in [0, 0.05) is 13.1 Å². The zero-order valence-corrected chi connectivity index (χ0v) is 9.90. The van der Waals surface area contributed by atoms with Gasteiger partial charge in [0.25, 0.3) is 0 Å². The quantitative estimate of drug-likeness (QED) is 0.764. The van der Waals surface area contributed by atoms with E-state index in [1.165, 1.54) is 0 Å². The van der Waals surface area contributed by atoms with E-state index in [0.29, 0.717) is 12.3 Å². The largest absolute Gasteiger partial charge is 0.480 e. The molecular formula is C11H20N2O3. The molecule has 1 rings (SSSR count). The molecule has 5 heteroatoms. The number of nitrogens with one attached hydrogen (secondary N) is 1. The van der Waals surface area contributed by atoms with E-state index in [1.807, 2.05) is 0 Å². The molecule has 1 unspecified atom stereocenters. The number of aliphatic carboxylic acids is 1. The summed E-state index contributed by atoms with van der Waals surface area (Å²) in [5, 5.41) is 11.4. The van der Waals surface area contributed by atoms with Gasteiger partial charge in [-0.2, -0.15) is 0 Å². The number of carboxylic acids is 1. The first kappa shape index (κ1) is 12.8. The van der Waals surface area contributed by atoms with E-state index in [0.717, 1.165) is 25.9 Å². The average Bonchev–Trinajstić information content (AvgIpc) is 2.25. The summed E-state index contributed by atoms with van der Waals surface area (Å²) in [6, 6.07) is -1.02. The van der Waals surface area contributed by atoms with E-state index in [-0.39, 0.29) is 6.03 Å². The van der Waals surface area contributed by atoms with Crippen molar-refractivity contribution in [2.24, 2.45) is 5.92 Å². The van der Waals surface area contributed by atoms with Crippen molar-refractivity contribution in [2.45, 2.75) is 39.2 Å². The van der Waals surface area contributed by atoms with Crippen LogP contribution in [0.4, 0.5) is 4.79 Å². The zero-order valence-electron chi connectivity index (χ0n) is 9.90. The molecule has 92 valence electrons. The highest BCUT2D eigenvalue weighted by Crippen LogP contribution is 2.15. The number of carbonyl (C=O) groups excluding carboxylic acids is 1. The minimum atomic E-state index is -0.971. The maximum atomic E-state index is 11.8. The molecule has 1 heterocycles. The minimum Gasteiger partial charge on any atom is -0.480 e. The third-order valence-corrected chi connectivity index (χ3v) is 2.95. The molecule has 0 radical (unpaired) electrons. The van der Waals surface area contributed by atoms with Crippen molar-refractivity contribution in [3.05, 3.63) is 0 Å². The molecule has 1 fully saturated rings. The van der Waals surface area contributed by atoms with Crippen LogP contribution in [0.15, 0.2) is 0 Å². The normalized spacial score (nSPS) is 22.6. The lowest BCUT2D eigenvalue weighted by molar-refractivity contribution is -0.139. The maximum Gasteiger partial charge on any atom is 0.326 e. The van der Waals surface area contributed by atoms with Gasteiger partial charge in [-0.15, -0.1) is 0 Å². The minimum absolute atomic E-state index is 0.249. The predicted molar refractivity (Wildman–Crippen MR) is 60.2 cm³/mol. The summed E-state index contributed by atoms with van der Waals surface area (Å²) in [5.41, 5.74) is 0. The summed E-state index contributed by atoms with van der Waals surface area (Å²) >= 11 is 0. The van der Waals surface area contributed by atoms with Crippen LogP contribution in [-0.4, -0.2) is 41.1 Å². The van der Waals surface area contributed by atoms with Gasteiger partial charge >= 0.3 is 12.0 Å². The van der Waals surface area contributed by atoms with Crippen molar-refractivity contribution >= 4 is 12.0 Å². The molecule has 2 amide bonds. The van der Waals surface area contributed by atoms with Crippen LogP contribution in [0.2, 0.25) is 0 Å². The molecule has 0 saturated carbocycles. The van der Waals surface area contributed by atoms with E-state index in [2.05, 4.69) is 12.2 Å². The second-order valence-corrected chi connectivity index (χ2v) is 4.44. The molecule has 1 saturated heterocycles. The Balaban J connectivity index is 2.47. The highest BCUT2D eigenvalue weighted by molar-refractivity contribution is 5.82. The lowest BCUT2D eigenvalue weighted by Gasteiger charge is -2.31. The van der Waals surface area contributed by atoms with Crippen molar-refractivity contribution in [3.63, 3.8) is 0 Å². The molecule has 2 N–H and O–H groups in total. The molecule has 0 aromatic rings. The summed E-state index contributed by atoms with van der Waals surface area (Å²) in [7, 11) is 0. The van der Waals surface area contributed by atoms with Gasteiger partial charge in [0.2, 0.25) is 0 Å². The lowest BCUT2D eigenvalue weighted by atomic mass is 10.0. The van der Waals surface area contributed by atoms with Crippen molar-refractivity contribution in [2.75, 3.05) is 13.1 Å². The number of carbonyl (C=O) groups is 2. The van der Waals surface area contributed by atoms with Crippen LogP contribution in [0.1, 0.15) is 33.1 Å². The van der Waals surface area contributed by atoms with Gasteiger partial charge in [-0.1, -0.05) is 13.8 Å². The predicted octanol–water partition coefficient (Wildman–Crippen LogP) is 1.29. The van der Waals surface area contributed by atoms with Crippen LogP contribution in [-0.2, 0) is 4.79 Å². The summed E-state index contributed by atoms with van der Waals surface area (Å²) < 4.78 is 0. The molecule has 0 spiro atoms. The van der Waals surface area contributed by atoms with E-state index < -0.39 is 12.0 Å². The van der Waals surface area contributed by atoms with Crippen LogP contribution < -0.4 is 5.32 Å². The van der Waals surface area contributed by atoms with Gasteiger partial charge < -0.3 is 15.3 Å². The fourth-order valence-corrected chi connectivity index (χ4v) is 1.95. The van der Waals surface area contributed by atoms with E-state index in [1.54, 1.807) is 11.8 Å². The first-order valence-corrected chi connectivity index (χ1v) is 5.82. The topological polar surface area (TPSA) is 69.6 Å². The molecule has 0 bridgehead atoms. The van der Waals surface area contributed by atoms with Crippen molar-refractivity contribution < 1.29 is 14.7 Å². The SMILES string of the molecule is CC[C@@H](NC(=O)N1CCCC(C)C1)C(=O)O. The molecule has 2 atom stereocenters. The summed E-state index contributed by atoms with van der Waals surface area (Å²) in [4.78, 5) is 24.3. The van der Waals surface area contributed by atoms with Crippen molar-refractivity contribution in [1.82, 2.24) is 10.2 Å². The molecule has 1 aliphatic heterocycles. The van der Waals surface area contributed by atoms with Crippen LogP contribution in [0, 0.1) is 5.92 Å². The summed E-state index contributed by atoms with van der Waals surface area (Å²) in [6.45, 7) is 5.31. The van der Waals surface area contributed by atoms with Crippen molar-refractivity contribution in [1.29, 1.82) is 0 Å². The second-order valence-electron chi connectivity index (χ2n) is 4.44. The summed E-state index contributed by atoms with van der Waals surface area (Å²) in [5.74, 6) is -0.467. The number of hydrogen-bond acceptors (Lipinski definition) is 2. The van der Waals surface area contributed by atoms with Gasteiger partial charge in [0.05, 0.1) is 0 Å². The third kappa shape index (κ3) is 3.40. The number of carboxylic acid groups (broad SMARTS) is 1. The maximum absolute atomic E-state index is 11.8. The number of rotatable bonds is 3. The van der Waals surface area contributed by atoms with E-state index in [9.17, 15) is 9.59 Å². The number of piperidine rings is 1. The monoisotopic (exact) mass is 228 g/mol. The van der Waals surface area contributed by atoms with Gasteiger partial charge in [-0.25, -0.2) is 9.59 Å². The molecule has 16 heavy (non-hydrogen) atoms. The van der Waals surface area contributed by atoms with Gasteiger partial charge in [0.1, 0.15) is 6.04 Å². The molecule has 0 aromatic heterocycles. The number of likely N-dealkylation sites (tertiary alicyclic amines) is 1. The fourth-order valence-electron chi connectivity index (χ4n) is 1.95. The molecular weight excluding hydrogens is 208 g/mol. The first-order valence-electron chi connectivity index (χ1n) is 5.82. The lowest BCUT2D eigenvalue weighted by Crippen LogP contribution is -2.50. The number of nitrogens with zero attached hydrogens (tertiary/aromatic N) is 1. The number of urea groups is 1. The van der Waals surface area contributed by atoms with Crippen LogP contribution in [0.3, 0.4) is 0 Å². The Morgan fingerprint density at radius 3 is 2.75 bits per heavy atom. The Hall–Kier alpha value is -1.26. The second kappa shape index (κ2) is 5.72. The van der Waals surface area contributed by atoms with Gasteiger partial charge in [-0.3, -0.25) is 0 Å². The Morgan fingerprint density at radius 2 is 2.25 bits per heavy atom. The smallest absolute Gasteiger partial charge is 0.326 e. The van der Waals surface area contributed by atoms with Crippen molar-refractivity contribution in [3.8, 4) is 0 Å². The standard InChI is InChI=1S/C11H20N2O3/c1-3-9(10(14)15)12-11(16)13-6-4-5-8(2)7-13/h8-9H,3-7H2,1-2H3,(H,12,16)(H,14,15)/t8?,9-/m1/s1. The Bertz CT molecular complexity index is 268. The molecule has 1 aliphatic rings. The Labute approximate surface area is 95.8 Å². The van der Waals surface area contributed by atoms with E-state index >= 15 is 0 Å². The van der Waals surface area contributed by atoms with Crippen LogP contribution in [0.5, 0.6) is 0 Å². The molecule has 5 nitrogen and oxygen atoms in total. The first-order chi connectivity index (χ1) is 7.54. The number of hydrogen-bond donors (Lipinski definition) is 2. The van der Waals surface area contributed by atoms with E-state index in [4.69, 9.17) is 5.11 Å². The third-order valence-electron chi connectivity index (χ3n) is 2.95. The van der Waals surface area contributed by atoms with Gasteiger partial charge in [-0.05, 0) is 25.2 Å². The fraction of sp³-hybridized carbons (Fsp3) is 0.818. The molecule has 0 aliphatic carbocycles. The van der Waals surface area contributed by atoms with Gasteiger partial charge in [0.15, 0.2) is 0 Å². The molecule has 0 aromatic carbocycles. The Morgan fingerprint density at radius 1 is 1.56 bits per heavy atom. The highest BCUT2D eigenvalue weighted by Gasteiger charge is 2.24. The Kier molecular flexibility index (Phi) is 4.58. The number of amides is 2. The highest BCUT2D eigenvalue weighted by atomic mass is 16.4. The summed E-state index contributed by atoms with van der Waals surface area (Å²) in [6.07, 6.45) is 2.54. The zero-order chi connectivity index (χ0) is 12.1. The van der Waals surface area contributed by atoms with Crippen LogP contribution in [0.25, 0.3) is 0 Å².